The first kappa shape index (κ1) is 15.7. The molecule has 5 nitrogen and oxygen atoms in total. The summed E-state index contributed by atoms with van der Waals surface area (Å²) in [5.74, 6) is 1.39. The Morgan fingerprint density at radius 2 is 2.20 bits per heavy atom. The van der Waals surface area contributed by atoms with E-state index in [0.717, 1.165) is 30.0 Å². The van der Waals surface area contributed by atoms with E-state index < -0.39 is 0 Å². The van der Waals surface area contributed by atoms with E-state index in [1.165, 1.54) is 16.9 Å². The minimum Gasteiger partial charge on any atom is -0.497 e. The van der Waals surface area contributed by atoms with E-state index in [9.17, 15) is 4.79 Å². The number of carbonyl (C=O) groups excluding carboxylic acids is 1. The summed E-state index contributed by atoms with van der Waals surface area (Å²) in [6, 6.07) is 13.1. The number of hydrogen-bond acceptors (Lipinski definition) is 5. The lowest BCUT2D eigenvalue weighted by Gasteiger charge is -2.04. The Hall–Kier alpha value is -2.86. The van der Waals surface area contributed by atoms with Crippen LogP contribution >= 0.6 is 11.3 Å². The van der Waals surface area contributed by atoms with Crippen molar-refractivity contribution >= 4 is 22.4 Å². The van der Waals surface area contributed by atoms with E-state index >= 15 is 0 Å². The number of anilines is 1. The van der Waals surface area contributed by atoms with Crippen LogP contribution in [0, 0.1) is 0 Å². The third-order valence-corrected chi connectivity index (χ3v) is 4.80. The zero-order valence-corrected chi connectivity index (χ0v) is 14.4. The molecule has 0 radical (unpaired) electrons. The molecule has 6 heteroatoms. The number of thiazole rings is 1. The molecule has 1 aliphatic rings. The average Bonchev–Trinajstić information content (AvgIpc) is 3.30. The van der Waals surface area contributed by atoms with E-state index in [4.69, 9.17) is 9.47 Å². The number of methoxy groups -OCH3 is 1. The first-order valence-electron chi connectivity index (χ1n) is 7.90. The van der Waals surface area contributed by atoms with Gasteiger partial charge in [0.2, 0.25) is 0 Å². The predicted molar refractivity (Wildman–Crippen MR) is 97.7 cm³/mol. The molecule has 0 spiro atoms. The Labute approximate surface area is 149 Å². The van der Waals surface area contributed by atoms with E-state index in [1.54, 1.807) is 31.4 Å². The number of nitrogens with zero attached hydrogens (tertiary/aromatic N) is 1. The largest absolute Gasteiger partial charge is 0.497 e. The normalized spacial score (nSPS) is 12.4. The highest BCUT2D eigenvalue weighted by atomic mass is 32.1. The van der Waals surface area contributed by atoms with Crippen LogP contribution in [-0.4, -0.2) is 24.6 Å². The van der Waals surface area contributed by atoms with Crippen molar-refractivity contribution in [1.29, 1.82) is 0 Å². The van der Waals surface area contributed by atoms with Crippen LogP contribution in [-0.2, 0) is 6.42 Å². The van der Waals surface area contributed by atoms with E-state index in [0.29, 0.717) is 16.4 Å². The van der Waals surface area contributed by atoms with Crippen molar-refractivity contribution in [3.8, 4) is 22.8 Å². The third kappa shape index (κ3) is 3.21. The molecule has 2 heterocycles. The molecule has 1 amide bonds. The van der Waals surface area contributed by atoms with Gasteiger partial charge in [-0.3, -0.25) is 10.1 Å². The molecule has 0 saturated heterocycles. The lowest BCUT2D eigenvalue weighted by Crippen LogP contribution is -2.11. The van der Waals surface area contributed by atoms with Crippen molar-refractivity contribution in [3.63, 3.8) is 0 Å². The fraction of sp³-hybridized carbons (Fsp3) is 0.158. The van der Waals surface area contributed by atoms with Crippen molar-refractivity contribution in [1.82, 2.24) is 4.98 Å². The SMILES string of the molecule is COc1cccc(C(=O)Nc2nc(-c3ccc4c(c3)CCO4)cs2)c1. The van der Waals surface area contributed by atoms with Gasteiger partial charge in [-0.05, 0) is 42.0 Å². The van der Waals surface area contributed by atoms with Gasteiger partial charge in [0, 0.05) is 22.9 Å². The number of fused-ring (bicyclic) bond motifs is 1. The topological polar surface area (TPSA) is 60.5 Å². The van der Waals surface area contributed by atoms with Gasteiger partial charge in [-0.25, -0.2) is 4.98 Å². The number of ether oxygens (including phenoxy) is 2. The molecule has 25 heavy (non-hydrogen) atoms. The molecular formula is C19H16N2O3S. The van der Waals surface area contributed by atoms with E-state index in [1.807, 2.05) is 17.5 Å². The second-order valence-corrected chi connectivity index (χ2v) is 6.50. The fourth-order valence-electron chi connectivity index (χ4n) is 2.74. The summed E-state index contributed by atoms with van der Waals surface area (Å²) in [4.78, 5) is 16.9. The van der Waals surface area contributed by atoms with Crippen LogP contribution in [0.4, 0.5) is 5.13 Å². The molecule has 0 aliphatic carbocycles. The summed E-state index contributed by atoms with van der Waals surface area (Å²) in [5, 5.41) is 5.35. The number of amides is 1. The molecule has 3 aromatic rings. The molecule has 1 aliphatic heterocycles. The van der Waals surface area contributed by atoms with Gasteiger partial charge in [-0.2, -0.15) is 0 Å². The Balaban J connectivity index is 1.52. The summed E-state index contributed by atoms with van der Waals surface area (Å²) in [6.07, 6.45) is 0.923. The van der Waals surface area contributed by atoms with Crippen LogP contribution in [0.15, 0.2) is 47.8 Å². The lowest BCUT2D eigenvalue weighted by molar-refractivity contribution is 0.102. The van der Waals surface area contributed by atoms with Crippen molar-refractivity contribution in [2.45, 2.75) is 6.42 Å². The van der Waals surface area contributed by atoms with Crippen LogP contribution in [0.3, 0.4) is 0 Å². The average molecular weight is 352 g/mol. The highest BCUT2D eigenvalue weighted by molar-refractivity contribution is 7.14. The second-order valence-electron chi connectivity index (χ2n) is 5.64. The fourth-order valence-corrected chi connectivity index (χ4v) is 3.46. The number of benzene rings is 2. The van der Waals surface area contributed by atoms with Crippen LogP contribution < -0.4 is 14.8 Å². The monoisotopic (exact) mass is 352 g/mol. The van der Waals surface area contributed by atoms with Crippen LogP contribution in [0.25, 0.3) is 11.3 Å². The molecule has 1 N–H and O–H groups in total. The summed E-state index contributed by atoms with van der Waals surface area (Å²) >= 11 is 1.41. The summed E-state index contributed by atoms with van der Waals surface area (Å²) < 4.78 is 10.7. The summed E-state index contributed by atoms with van der Waals surface area (Å²) in [7, 11) is 1.58. The van der Waals surface area contributed by atoms with Gasteiger partial charge in [0.05, 0.1) is 19.4 Å². The summed E-state index contributed by atoms with van der Waals surface area (Å²) in [6.45, 7) is 0.734. The molecule has 2 aromatic carbocycles. The van der Waals surface area contributed by atoms with E-state index in [2.05, 4.69) is 16.4 Å². The molecule has 0 fully saturated rings. The highest BCUT2D eigenvalue weighted by Gasteiger charge is 2.15. The molecular weight excluding hydrogens is 336 g/mol. The van der Waals surface area contributed by atoms with Gasteiger partial charge in [0.1, 0.15) is 11.5 Å². The van der Waals surface area contributed by atoms with Crippen molar-refractivity contribution in [3.05, 3.63) is 59.0 Å². The first-order valence-corrected chi connectivity index (χ1v) is 8.78. The van der Waals surface area contributed by atoms with Gasteiger partial charge in [0.25, 0.3) is 5.91 Å². The maximum absolute atomic E-state index is 12.4. The van der Waals surface area contributed by atoms with E-state index in [-0.39, 0.29) is 5.91 Å². The Bertz CT molecular complexity index is 936. The Morgan fingerprint density at radius 3 is 3.08 bits per heavy atom. The Kier molecular flexibility index (Phi) is 4.11. The van der Waals surface area contributed by atoms with Crippen LogP contribution in [0.1, 0.15) is 15.9 Å². The van der Waals surface area contributed by atoms with Gasteiger partial charge >= 0.3 is 0 Å². The zero-order valence-electron chi connectivity index (χ0n) is 13.6. The van der Waals surface area contributed by atoms with Crippen LogP contribution in [0.5, 0.6) is 11.5 Å². The molecule has 0 atom stereocenters. The summed E-state index contributed by atoms with van der Waals surface area (Å²) in [5.41, 5.74) is 3.61. The standard InChI is InChI=1S/C19H16N2O3S/c1-23-15-4-2-3-14(10-15)18(22)21-19-20-16(11-25-19)12-5-6-17-13(9-12)7-8-24-17/h2-6,9-11H,7-8H2,1H3,(H,20,21,22). The Morgan fingerprint density at radius 1 is 1.28 bits per heavy atom. The van der Waals surface area contributed by atoms with Gasteiger partial charge < -0.3 is 9.47 Å². The smallest absolute Gasteiger partial charge is 0.257 e. The van der Waals surface area contributed by atoms with Crippen LogP contribution in [0.2, 0.25) is 0 Å². The van der Waals surface area contributed by atoms with Crippen molar-refractivity contribution < 1.29 is 14.3 Å². The number of hydrogen-bond donors (Lipinski definition) is 1. The maximum atomic E-state index is 12.4. The molecule has 1 aromatic heterocycles. The van der Waals surface area contributed by atoms with Gasteiger partial charge in [0.15, 0.2) is 5.13 Å². The lowest BCUT2D eigenvalue weighted by atomic mass is 10.1. The van der Waals surface area contributed by atoms with Gasteiger partial charge in [-0.1, -0.05) is 6.07 Å². The maximum Gasteiger partial charge on any atom is 0.257 e. The molecule has 0 saturated carbocycles. The minimum absolute atomic E-state index is 0.206. The number of nitrogens with one attached hydrogen (secondary N) is 1. The molecule has 0 unspecified atom stereocenters. The molecule has 4 rings (SSSR count). The van der Waals surface area contributed by atoms with Crippen molar-refractivity contribution in [2.75, 3.05) is 19.0 Å². The number of rotatable bonds is 4. The predicted octanol–water partition coefficient (Wildman–Crippen LogP) is 4.01. The quantitative estimate of drug-likeness (QED) is 0.771. The molecule has 126 valence electrons. The van der Waals surface area contributed by atoms with Gasteiger partial charge in [-0.15, -0.1) is 11.3 Å². The first-order chi connectivity index (χ1) is 12.2. The molecule has 0 bridgehead atoms. The zero-order chi connectivity index (χ0) is 17.2. The second kappa shape index (κ2) is 6.57. The van der Waals surface area contributed by atoms with Crippen molar-refractivity contribution in [2.24, 2.45) is 0 Å². The number of aromatic nitrogens is 1. The minimum atomic E-state index is -0.206. The highest BCUT2D eigenvalue weighted by Crippen LogP contribution is 2.32. The third-order valence-electron chi connectivity index (χ3n) is 4.04. The number of carbonyl (C=O) groups is 1.